The molecule has 15 heavy (non-hydrogen) atoms. The number of benzene rings is 1. The smallest absolute Gasteiger partial charge is 0.134 e. The van der Waals surface area contributed by atoms with Crippen LogP contribution < -0.4 is 0 Å². The Hall–Kier alpha value is -1.90. The molecule has 2 rings (SSSR count). The van der Waals surface area contributed by atoms with E-state index < -0.39 is 0 Å². The van der Waals surface area contributed by atoms with E-state index in [4.69, 9.17) is 0 Å². The van der Waals surface area contributed by atoms with Crippen LogP contribution in [-0.4, -0.2) is 10.1 Å². The summed E-state index contributed by atoms with van der Waals surface area (Å²) in [7, 11) is 0. The van der Waals surface area contributed by atoms with Crippen molar-refractivity contribution in [3.63, 3.8) is 0 Å². The zero-order valence-electron chi connectivity index (χ0n) is 8.24. The van der Waals surface area contributed by atoms with Crippen molar-refractivity contribution in [2.75, 3.05) is 0 Å². The van der Waals surface area contributed by atoms with Crippen LogP contribution in [0.4, 0.5) is 4.39 Å². The Morgan fingerprint density at radius 2 is 2.00 bits per heavy atom. The quantitative estimate of drug-likeness (QED) is 0.773. The minimum Gasteiger partial charge on any atom is -0.506 e. The van der Waals surface area contributed by atoms with E-state index >= 15 is 0 Å². The van der Waals surface area contributed by atoms with Gasteiger partial charge in [-0.25, -0.2) is 4.39 Å². The normalized spacial score (nSPS) is 10.3. The Morgan fingerprint density at radius 3 is 2.73 bits per heavy atom. The molecule has 0 unspecified atom stereocenters. The maximum atomic E-state index is 13.5. The van der Waals surface area contributed by atoms with E-state index in [9.17, 15) is 9.50 Å². The number of rotatable bonds is 1. The summed E-state index contributed by atoms with van der Waals surface area (Å²) in [5.41, 5.74) is 2.00. The number of pyridine rings is 1. The van der Waals surface area contributed by atoms with E-state index in [1.165, 1.54) is 24.5 Å². The Labute approximate surface area is 87.0 Å². The molecule has 0 aliphatic heterocycles. The highest BCUT2D eigenvalue weighted by atomic mass is 19.1. The topological polar surface area (TPSA) is 33.1 Å². The number of hydrogen-bond acceptors (Lipinski definition) is 2. The molecule has 0 radical (unpaired) electrons. The fourth-order valence-electron chi connectivity index (χ4n) is 1.44. The van der Waals surface area contributed by atoms with E-state index in [1.54, 1.807) is 12.1 Å². The summed E-state index contributed by atoms with van der Waals surface area (Å²) in [5, 5.41) is 9.25. The molecule has 1 N–H and O–H groups in total. The van der Waals surface area contributed by atoms with Crippen molar-refractivity contribution in [3.8, 4) is 16.9 Å². The zero-order chi connectivity index (χ0) is 10.8. The van der Waals surface area contributed by atoms with Gasteiger partial charge in [0, 0.05) is 17.3 Å². The first-order valence-corrected chi connectivity index (χ1v) is 4.57. The van der Waals surface area contributed by atoms with Gasteiger partial charge in [-0.1, -0.05) is 11.6 Å². The minimum absolute atomic E-state index is 0.0356. The van der Waals surface area contributed by atoms with Crippen molar-refractivity contribution in [2.24, 2.45) is 0 Å². The van der Waals surface area contributed by atoms with E-state index in [-0.39, 0.29) is 11.6 Å². The Morgan fingerprint density at radius 1 is 1.20 bits per heavy atom. The van der Waals surface area contributed by atoms with Gasteiger partial charge in [0.15, 0.2) is 0 Å². The van der Waals surface area contributed by atoms with E-state index in [0.717, 1.165) is 5.56 Å². The van der Waals surface area contributed by atoms with E-state index in [2.05, 4.69) is 4.98 Å². The maximum Gasteiger partial charge on any atom is 0.134 e. The molecular formula is C12H10FNO. The first-order chi connectivity index (χ1) is 7.16. The first-order valence-electron chi connectivity index (χ1n) is 4.57. The lowest BCUT2D eigenvalue weighted by Gasteiger charge is -2.04. The molecule has 2 nitrogen and oxygen atoms in total. The molecule has 0 amide bonds. The molecule has 0 atom stereocenters. The molecule has 0 bridgehead atoms. The molecule has 0 aliphatic rings. The van der Waals surface area contributed by atoms with Crippen LogP contribution in [-0.2, 0) is 0 Å². The molecule has 1 heterocycles. The van der Waals surface area contributed by atoms with E-state index in [0.29, 0.717) is 11.1 Å². The van der Waals surface area contributed by atoms with Crippen LogP contribution in [0.1, 0.15) is 5.56 Å². The summed E-state index contributed by atoms with van der Waals surface area (Å²) in [6.45, 7) is 1.89. The van der Waals surface area contributed by atoms with Crippen LogP contribution in [0.5, 0.6) is 5.75 Å². The van der Waals surface area contributed by atoms with Crippen molar-refractivity contribution in [3.05, 3.63) is 48.0 Å². The number of hydrogen-bond donors (Lipinski definition) is 1. The second-order valence-electron chi connectivity index (χ2n) is 3.42. The summed E-state index contributed by atoms with van der Waals surface area (Å²) >= 11 is 0. The number of aromatic hydroxyl groups is 1. The number of halogens is 1. The zero-order valence-corrected chi connectivity index (χ0v) is 8.24. The van der Waals surface area contributed by atoms with Gasteiger partial charge < -0.3 is 5.11 Å². The molecule has 0 saturated heterocycles. The summed E-state index contributed by atoms with van der Waals surface area (Å²) in [5.74, 6) is -0.276. The minimum atomic E-state index is -0.312. The molecule has 0 fully saturated rings. The summed E-state index contributed by atoms with van der Waals surface area (Å²) in [6, 6.07) is 6.33. The predicted octanol–water partition coefficient (Wildman–Crippen LogP) is 2.90. The highest BCUT2D eigenvalue weighted by molar-refractivity contribution is 5.65. The van der Waals surface area contributed by atoms with Crippen LogP contribution in [0, 0.1) is 12.7 Å². The number of nitrogens with zero attached hydrogens (tertiary/aromatic N) is 1. The fourth-order valence-corrected chi connectivity index (χ4v) is 1.44. The predicted molar refractivity (Wildman–Crippen MR) is 56.0 cm³/mol. The van der Waals surface area contributed by atoms with Crippen molar-refractivity contribution in [1.82, 2.24) is 4.98 Å². The third-order valence-electron chi connectivity index (χ3n) is 2.16. The lowest BCUT2D eigenvalue weighted by molar-refractivity contribution is 0.473. The Bertz CT molecular complexity index is 497. The second kappa shape index (κ2) is 3.69. The average molecular weight is 203 g/mol. The maximum absolute atomic E-state index is 13.5. The van der Waals surface area contributed by atoms with Crippen LogP contribution in [0.15, 0.2) is 36.7 Å². The lowest BCUT2D eigenvalue weighted by Crippen LogP contribution is -1.86. The summed E-state index contributed by atoms with van der Waals surface area (Å²) in [6.07, 6.45) is 2.84. The Kier molecular flexibility index (Phi) is 2.37. The van der Waals surface area contributed by atoms with Crippen molar-refractivity contribution in [1.29, 1.82) is 0 Å². The summed E-state index contributed by atoms with van der Waals surface area (Å²) < 4.78 is 13.5. The molecule has 1 aromatic carbocycles. The molecule has 0 saturated carbocycles. The molecule has 3 heteroatoms. The molecule has 1 aromatic heterocycles. The van der Waals surface area contributed by atoms with Gasteiger partial charge in [0.25, 0.3) is 0 Å². The largest absolute Gasteiger partial charge is 0.506 e. The first kappa shape index (κ1) is 9.65. The lowest BCUT2D eigenvalue weighted by atomic mass is 10.0. The van der Waals surface area contributed by atoms with E-state index in [1.807, 2.05) is 6.92 Å². The monoisotopic (exact) mass is 203 g/mol. The highest BCUT2D eigenvalue weighted by Gasteiger charge is 2.05. The van der Waals surface area contributed by atoms with Crippen LogP contribution in [0.25, 0.3) is 11.1 Å². The van der Waals surface area contributed by atoms with Gasteiger partial charge in [0.1, 0.15) is 11.6 Å². The molecule has 76 valence electrons. The fraction of sp³-hybridized carbons (Fsp3) is 0.0833. The van der Waals surface area contributed by atoms with Gasteiger partial charge in [-0.15, -0.1) is 0 Å². The van der Waals surface area contributed by atoms with Gasteiger partial charge >= 0.3 is 0 Å². The third kappa shape index (κ3) is 1.96. The van der Waals surface area contributed by atoms with Crippen LogP contribution in [0.3, 0.4) is 0 Å². The molecule has 0 spiro atoms. The molecule has 0 aliphatic carbocycles. The van der Waals surface area contributed by atoms with Gasteiger partial charge in [-0.3, -0.25) is 4.98 Å². The van der Waals surface area contributed by atoms with Gasteiger partial charge in [0.2, 0.25) is 0 Å². The number of aryl methyl sites for hydroxylation is 1. The molecular weight excluding hydrogens is 193 g/mol. The van der Waals surface area contributed by atoms with Crippen molar-refractivity contribution in [2.45, 2.75) is 6.92 Å². The van der Waals surface area contributed by atoms with Gasteiger partial charge in [-0.05, 0) is 25.1 Å². The summed E-state index contributed by atoms with van der Waals surface area (Å²) in [4.78, 5) is 3.81. The highest BCUT2D eigenvalue weighted by Crippen LogP contribution is 2.25. The standard InChI is InChI=1S/C12H10FNO/c1-8-2-3-12(13)11(4-8)9-5-10(15)7-14-6-9/h2-7,15H,1H3. The van der Waals surface area contributed by atoms with Gasteiger partial charge in [-0.2, -0.15) is 0 Å². The Balaban J connectivity index is 2.58. The van der Waals surface area contributed by atoms with Crippen molar-refractivity contribution >= 4 is 0 Å². The van der Waals surface area contributed by atoms with Crippen molar-refractivity contribution < 1.29 is 9.50 Å². The third-order valence-corrected chi connectivity index (χ3v) is 2.16. The SMILES string of the molecule is Cc1ccc(F)c(-c2cncc(O)c2)c1. The van der Waals surface area contributed by atoms with Crippen LogP contribution >= 0.6 is 0 Å². The van der Waals surface area contributed by atoms with Gasteiger partial charge in [0.05, 0.1) is 6.20 Å². The number of aromatic nitrogens is 1. The molecule has 2 aromatic rings. The second-order valence-corrected chi connectivity index (χ2v) is 3.42. The average Bonchev–Trinajstić information content (AvgIpc) is 2.22. The van der Waals surface area contributed by atoms with Crippen LogP contribution in [0.2, 0.25) is 0 Å².